The normalized spacial score (nSPS) is 29.2. The van der Waals surface area contributed by atoms with Gasteiger partial charge in [0.15, 0.2) is 10.5 Å². The Morgan fingerprint density at radius 3 is 2.69 bits per heavy atom. The van der Waals surface area contributed by atoms with Gasteiger partial charge in [-0.1, -0.05) is 6.92 Å². The molecule has 0 N–H and O–H groups in total. The number of rotatable bonds is 2. The number of hydrogen-bond donors (Lipinski definition) is 0. The molecule has 1 spiro atoms. The second kappa shape index (κ2) is 6.76. The Morgan fingerprint density at radius 1 is 1.31 bits per heavy atom. The van der Waals surface area contributed by atoms with Crippen LogP contribution in [0.3, 0.4) is 0 Å². The van der Waals surface area contributed by atoms with Gasteiger partial charge in [-0.2, -0.15) is 0 Å². The number of carbonyl (C=O) groups is 2. The molecule has 3 atom stereocenters. The van der Waals surface area contributed by atoms with E-state index >= 15 is 0 Å². The van der Waals surface area contributed by atoms with Gasteiger partial charge in [-0.15, -0.1) is 0 Å². The monoisotopic (exact) mass is 416 g/mol. The van der Waals surface area contributed by atoms with E-state index in [2.05, 4.69) is 11.8 Å². The van der Waals surface area contributed by atoms with E-state index in [9.17, 15) is 19.7 Å². The van der Waals surface area contributed by atoms with Crippen LogP contribution in [-0.4, -0.2) is 57.8 Å². The highest BCUT2D eigenvalue weighted by molar-refractivity contribution is 7.80. The number of carbonyl (C=O) groups excluding carboxylic acids is 2. The molecule has 0 bridgehead atoms. The Bertz CT molecular complexity index is 935. The number of benzene rings is 1. The molecule has 2 saturated heterocycles. The maximum atomic E-state index is 13.7. The minimum Gasteiger partial charge on any atom is -0.367 e. The summed E-state index contributed by atoms with van der Waals surface area (Å²) in [5.74, 6) is -0.213. The van der Waals surface area contributed by atoms with Crippen LogP contribution in [0.5, 0.6) is 0 Å². The van der Waals surface area contributed by atoms with Crippen LogP contribution in [0.4, 0.5) is 11.4 Å². The second-order valence-corrected chi connectivity index (χ2v) is 8.62. The van der Waals surface area contributed by atoms with Crippen molar-refractivity contribution < 1.29 is 14.5 Å². The molecular weight excluding hydrogens is 392 g/mol. The predicted octanol–water partition coefficient (Wildman–Crippen LogP) is 2.35. The molecule has 0 saturated carbocycles. The third kappa shape index (κ3) is 2.67. The van der Waals surface area contributed by atoms with Crippen LogP contribution in [0.15, 0.2) is 18.2 Å². The molecule has 8 nitrogen and oxygen atoms in total. The number of nitro benzene ring substituents is 1. The van der Waals surface area contributed by atoms with Crippen molar-refractivity contribution >= 4 is 40.5 Å². The number of amides is 2. The molecular formula is C20H24N4O4S. The first-order chi connectivity index (χ1) is 13.7. The summed E-state index contributed by atoms with van der Waals surface area (Å²) in [4.78, 5) is 43.2. The Labute approximate surface area is 174 Å². The van der Waals surface area contributed by atoms with Crippen molar-refractivity contribution in [2.24, 2.45) is 11.3 Å². The van der Waals surface area contributed by atoms with Gasteiger partial charge in [0.2, 0.25) is 11.8 Å². The largest absolute Gasteiger partial charge is 0.367 e. The summed E-state index contributed by atoms with van der Waals surface area (Å²) >= 11 is 5.37. The number of anilines is 1. The molecule has 3 aliphatic heterocycles. The summed E-state index contributed by atoms with van der Waals surface area (Å²) in [7, 11) is 1.61. The molecule has 2 fully saturated rings. The zero-order valence-corrected chi connectivity index (χ0v) is 17.6. The second-order valence-electron chi connectivity index (χ2n) is 8.25. The highest BCUT2D eigenvalue weighted by Crippen LogP contribution is 2.50. The first-order valence-electron chi connectivity index (χ1n) is 9.90. The molecule has 2 amide bonds. The van der Waals surface area contributed by atoms with E-state index < -0.39 is 10.3 Å². The van der Waals surface area contributed by atoms with E-state index in [-0.39, 0.29) is 35.1 Å². The van der Waals surface area contributed by atoms with Gasteiger partial charge in [-0.25, -0.2) is 0 Å². The van der Waals surface area contributed by atoms with Gasteiger partial charge in [0.05, 0.1) is 11.0 Å². The number of piperidine rings is 1. The molecule has 3 aliphatic rings. The summed E-state index contributed by atoms with van der Waals surface area (Å²) < 4.78 is 0. The third-order valence-corrected chi connectivity index (χ3v) is 7.13. The molecule has 154 valence electrons. The maximum Gasteiger partial charge on any atom is 0.269 e. The summed E-state index contributed by atoms with van der Waals surface area (Å²) in [6.07, 6.45) is 1.81. The molecule has 4 rings (SSSR count). The lowest BCUT2D eigenvalue weighted by atomic mass is 9.64. The first-order valence-corrected chi connectivity index (χ1v) is 10.3. The van der Waals surface area contributed by atoms with Crippen LogP contribution in [0, 0.1) is 21.4 Å². The third-order valence-electron chi connectivity index (χ3n) is 6.63. The number of non-ortho nitro benzene ring substituents is 1. The van der Waals surface area contributed by atoms with Gasteiger partial charge in [0, 0.05) is 44.4 Å². The van der Waals surface area contributed by atoms with Gasteiger partial charge in [0.1, 0.15) is 0 Å². The molecule has 29 heavy (non-hydrogen) atoms. The van der Waals surface area contributed by atoms with Crippen molar-refractivity contribution in [3.05, 3.63) is 33.9 Å². The Hall–Kier alpha value is -2.55. The van der Waals surface area contributed by atoms with E-state index in [1.807, 2.05) is 6.92 Å². The van der Waals surface area contributed by atoms with Crippen molar-refractivity contribution in [3.8, 4) is 0 Å². The van der Waals surface area contributed by atoms with Crippen molar-refractivity contribution in [2.45, 2.75) is 39.2 Å². The first kappa shape index (κ1) is 19.8. The fraction of sp³-hybridized carbons (Fsp3) is 0.550. The topological polar surface area (TPSA) is 87.0 Å². The van der Waals surface area contributed by atoms with Gasteiger partial charge in [0.25, 0.3) is 5.69 Å². The number of fused-ring (bicyclic) bond motifs is 4. The van der Waals surface area contributed by atoms with Crippen LogP contribution in [0.1, 0.15) is 32.3 Å². The standard InChI is InChI=1S/C20H24N4O4S/c1-4-22-18(26)20(17(25)21(3)19(22)29)11-13-10-14(24(27)28)5-6-15(13)23-8-7-12(2)9-16(20)23/h5-6,10,12,16H,4,7-9,11H2,1-3H3. The van der Waals surface area contributed by atoms with Gasteiger partial charge in [-0.05, 0) is 49.5 Å². The van der Waals surface area contributed by atoms with Crippen LogP contribution < -0.4 is 4.90 Å². The van der Waals surface area contributed by atoms with Crippen LogP contribution >= 0.6 is 12.2 Å². The highest BCUT2D eigenvalue weighted by atomic mass is 32.1. The molecule has 0 radical (unpaired) electrons. The maximum absolute atomic E-state index is 13.7. The zero-order chi connectivity index (χ0) is 21.1. The fourth-order valence-electron chi connectivity index (χ4n) is 5.12. The average Bonchev–Trinajstić information content (AvgIpc) is 2.70. The number of nitrogens with zero attached hydrogens (tertiary/aromatic N) is 4. The minimum absolute atomic E-state index is 0.0327. The van der Waals surface area contributed by atoms with E-state index in [1.54, 1.807) is 13.1 Å². The lowest BCUT2D eigenvalue weighted by Gasteiger charge is -2.56. The van der Waals surface area contributed by atoms with Crippen molar-refractivity contribution in [1.82, 2.24) is 9.80 Å². The van der Waals surface area contributed by atoms with E-state index in [0.717, 1.165) is 12.1 Å². The molecule has 3 heterocycles. The molecule has 0 aromatic heterocycles. The lowest BCUT2D eigenvalue weighted by molar-refractivity contribution is -0.384. The molecule has 0 aliphatic carbocycles. The van der Waals surface area contributed by atoms with Crippen molar-refractivity contribution in [1.29, 1.82) is 0 Å². The van der Waals surface area contributed by atoms with Crippen LogP contribution in [0.25, 0.3) is 0 Å². The molecule has 1 aromatic rings. The molecule has 9 heteroatoms. The van der Waals surface area contributed by atoms with Crippen LogP contribution in [0.2, 0.25) is 0 Å². The summed E-state index contributed by atoms with van der Waals surface area (Å²) in [6.45, 7) is 5.06. The Morgan fingerprint density at radius 2 is 2.03 bits per heavy atom. The molecule has 3 unspecified atom stereocenters. The quantitative estimate of drug-likeness (QED) is 0.318. The smallest absolute Gasteiger partial charge is 0.269 e. The summed E-state index contributed by atoms with van der Waals surface area (Å²) in [6, 6.07) is 4.47. The zero-order valence-electron chi connectivity index (χ0n) is 16.8. The predicted molar refractivity (Wildman–Crippen MR) is 112 cm³/mol. The van der Waals surface area contributed by atoms with Gasteiger partial charge >= 0.3 is 0 Å². The number of nitro groups is 1. The minimum atomic E-state index is -1.32. The average molecular weight is 417 g/mol. The van der Waals surface area contributed by atoms with Crippen molar-refractivity contribution in [2.75, 3.05) is 25.0 Å². The Kier molecular flexibility index (Phi) is 4.60. The van der Waals surface area contributed by atoms with E-state index in [4.69, 9.17) is 12.2 Å². The number of hydrogen-bond acceptors (Lipinski definition) is 6. The summed E-state index contributed by atoms with van der Waals surface area (Å²) in [5.41, 5.74) is 0.209. The summed E-state index contributed by atoms with van der Waals surface area (Å²) in [5, 5.41) is 11.5. The lowest BCUT2D eigenvalue weighted by Crippen LogP contribution is -2.72. The highest BCUT2D eigenvalue weighted by Gasteiger charge is 2.63. The van der Waals surface area contributed by atoms with Gasteiger partial charge < -0.3 is 4.90 Å². The molecule has 1 aromatic carbocycles. The fourth-order valence-corrected chi connectivity index (χ4v) is 5.42. The van der Waals surface area contributed by atoms with E-state index in [0.29, 0.717) is 31.0 Å². The Balaban J connectivity index is 1.93. The van der Waals surface area contributed by atoms with Crippen LogP contribution in [-0.2, 0) is 16.0 Å². The SMILES string of the molecule is CCN1C(=O)C2(Cc3cc([N+](=O)[O-])ccc3N3CCC(C)CC32)C(=O)N(C)C1=S. The van der Waals surface area contributed by atoms with E-state index in [1.165, 1.54) is 21.9 Å². The number of thiocarbonyl (C=S) groups is 1. The van der Waals surface area contributed by atoms with Crippen molar-refractivity contribution in [3.63, 3.8) is 0 Å². The van der Waals surface area contributed by atoms with Gasteiger partial charge in [-0.3, -0.25) is 29.5 Å².